The van der Waals surface area contributed by atoms with Gasteiger partial charge < -0.3 is 68.9 Å². The van der Waals surface area contributed by atoms with Crippen molar-refractivity contribution in [2.45, 2.75) is 41.5 Å². The number of ether oxygens (including phenoxy) is 7. The van der Waals surface area contributed by atoms with Crippen molar-refractivity contribution in [3.63, 3.8) is 0 Å². The zero-order valence-corrected chi connectivity index (χ0v) is 36.8. The monoisotopic (exact) mass is 912 g/mol. The molecule has 2 aromatic carbocycles. The summed E-state index contributed by atoms with van der Waals surface area (Å²) in [6, 6.07) is 11.9. The van der Waals surface area contributed by atoms with Crippen molar-refractivity contribution in [3.8, 4) is 0 Å². The molecule has 2 aromatic rings. The van der Waals surface area contributed by atoms with Gasteiger partial charge in [-0.2, -0.15) is 0 Å². The Bertz CT molecular complexity index is 1890. The minimum atomic E-state index is -2.05. The van der Waals surface area contributed by atoms with Gasteiger partial charge in [0.1, 0.15) is 78.7 Å². The number of benzene rings is 2. The minimum absolute atomic E-state index is 0.191. The van der Waals surface area contributed by atoms with Crippen LogP contribution in [0.1, 0.15) is 51.9 Å². The summed E-state index contributed by atoms with van der Waals surface area (Å²) < 4.78 is 37.0. The first-order chi connectivity index (χ1) is 30.0. The third-order valence-corrected chi connectivity index (χ3v) is 10.6. The van der Waals surface area contributed by atoms with Crippen LogP contribution < -0.4 is 0 Å². The van der Waals surface area contributed by atoms with Gasteiger partial charge in [0.05, 0.1) is 51.8 Å². The van der Waals surface area contributed by atoms with Gasteiger partial charge in [-0.15, -0.1) is 0 Å². The minimum Gasteiger partial charge on any atom is -0.464 e. The Morgan fingerprint density at radius 1 is 0.375 bits per heavy atom. The average molecular weight is 913 g/mol. The summed E-state index contributed by atoms with van der Waals surface area (Å²) >= 11 is 0. The highest BCUT2D eigenvalue weighted by Crippen LogP contribution is 2.29. The van der Waals surface area contributed by atoms with Gasteiger partial charge >= 0.3 is 41.8 Å². The molecule has 0 saturated carbocycles. The standard InChI is InChI=1S/C43H60O21/c1-38(16-44,17-45)32(52)61-24-42(5,25-62-33(53)39(2,18-46)19-47)36(56)58-14-15-59-37(57)43(6,26-63-34(54)40(3,20-48)21-49)27-64-35(55)41(4,22-50)23-60-31(51)30-13-9-11-28-10-7-8-12-29(28)30/h7-13,44-50H,14-27H2,1-6H3. The fraction of sp³-hybridized carbons (Fsp3) is 0.605. The molecule has 0 aliphatic rings. The van der Waals surface area contributed by atoms with Gasteiger partial charge in [0.15, 0.2) is 0 Å². The molecule has 0 amide bonds. The summed E-state index contributed by atoms with van der Waals surface area (Å²) in [5, 5.41) is 69.2. The molecule has 0 aromatic heterocycles. The van der Waals surface area contributed by atoms with Gasteiger partial charge in [0.25, 0.3) is 0 Å². The van der Waals surface area contributed by atoms with Crippen LogP contribution in [0.25, 0.3) is 10.8 Å². The van der Waals surface area contributed by atoms with Crippen LogP contribution in [0.5, 0.6) is 0 Å². The lowest BCUT2D eigenvalue weighted by atomic mass is 9.90. The van der Waals surface area contributed by atoms with Crippen molar-refractivity contribution in [1.82, 2.24) is 0 Å². The van der Waals surface area contributed by atoms with Crippen molar-refractivity contribution in [1.29, 1.82) is 0 Å². The number of carbonyl (C=O) groups is 7. The lowest BCUT2D eigenvalue weighted by molar-refractivity contribution is -0.185. The van der Waals surface area contributed by atoms with Gasteiger partial charge in [-0.25, -0.2) is 4.79 Å². The lowest BCUT2D eigenvalue weighted by Gasteiger charge is -2.31. The number of rotatable bonds is 27. The second-order valence-corrected chi connectivity index (χ2v) is 17.1. The molecule has 2 unspecified atom stereocenters. The highest BCUT2D eigenvalue weighted by molar-refractivity contribution is 6.04. The second kappa shape index (κ2) is 23.6. The van der Waals surface area contributed by atoms with Gasteiger partial charge in [-0.3, -0.25) is 28.8 Å². The highest BCUT2D eigenvalue weighted by atomic mass is 16.6. The molecule has 21 heteroatoms. The molecule has 0 bridgehead atoms. The van der Waals surface area contributed by atoms with E-state index in [4.69, 9.17) is 33.2 Å². The molecule has 0 aliphatic heterocycles. The number of hydrogen-bond donors (Lipinski definition) is 7. The highest BCUT2D eigenvalue weighted by Gasteiger charge is 2.46. The topological polar surface area (TPSA) is 326 Å². The van der Waals surface area contributed by atoms with Crippen molar-refractivity contribution in [3.05, 3.63) is 48.0 Å². The Hall–Kier alpha value is -5.29. The summed E-state index contributed by atoms with van der Waals surface area (Å²) in [4.78, 5) is 91.7. The Labute approximate surface area is 369 Å². The number of fused-ring (bicyclic) bond motifs is 1. The number of esters is 7. The van der Waals surface area contributed by atoms with Crippen LogP contribution >= 0.6 is 0 Å². The Balaban J connectivity index is 2.25. The van der Waals surface area contributed by atoms with Gasteiger partial charge in [-0.1, -0.05) is 36.4 Å². The van der Waals surface area contributed by atoms with Crippen LogP contribution in [0.3, 0.4) is 0 Å². The third-order valence-electron chi connectivity index (χ3n) is 10.6. The van der Waals surface area contributed by atoms with Crippen LogP contribution in [-0.4, -0.2) is 170 Å². The predicted octanol–water partition coefficient (Wildman–Crippen LogP) is -0.760. The van der Waals surface area contributed by atoms with E-state index in [0.29, 0.717) is 5.39 Å². The molecule has 0 radical (unpaired) electrons. The van der Waals surface area contributed by atoms with E-state index in [1.807, 2.05) is 0 Å². The molecular weight excluding hydrogens is 852 g/mol. The number of carbonyl (C=O) groups excluding carboxylic acids is 7. The van der Waals surface area contributed by atoms with Crippen LogP contribution in [0, 0.1) is 32.5 Å². The molecule has 0 aliphatic carbocycles. The zero-order valence-electron chi connectivity index (χ0n) is 36.8. The Morgan fingerprint density at radius 2 is 0.672 bits per heavy atom. The summed E-state index contributed by atoms with van der Waals surface area (Å²) in [7, 11) is 0. The fourth-order valence-electron chi connectivity index (χ4n) is 4.94. The van der Waals surface area contributed by atoms with Crippen molar-refractivity contribution >= 4 is 52.6 Å². The van der Waals surface area contributed by atoms with E-state index in [1.165, 1.54) is 33.8 Å². The number of hydrogen-bond acceptors (Lipinski definition) is 21. The first-order valence-electron chi connectivity index (χ1n) is 19.9. The zero-order chi connectivity index (χ0) is 48.6. The largest absolute Gasteiger partial charge is 0.464 e. The van der Waals surface area contributed by atoms with Crippen LogP contribution in [0.4, 0.5) is 0 Å². The molecule has 0 fully saturated rings. The molecule has 0 saturated heterocycles. The van der Waals surface area contributed by atoms with E-state index in [2.05, 4.69) is 0 Å². The third kappa shape index (κ3) is 13.6. The van der Waals surface area contributed by atoms with Crippen molar-refractivity contribution in [2.75, 3.05) is 92.5 Å². The van der Waals surface area contributed by atoms with E-state index in [-0.39, 0.29) is 5.56 Å². The Morgan fingerprint density at radius 3 is 1.03 bits per heavy atom. The van der Waals surface area contributed by atoms with E-state index in [1.54, 1.807) is 36.4 Å². The molecule has 64 heavy (non-hydrogen) atoms. The molecule has 21 nitrogen and oxygen atoms in total. The van der Waals surface area contributed by atoms with Crippen LogP contribution in [-0.2, 0) is 61.9 Å². The van der Waals surface area contributed by atoms with Gasteiger partial charge in [0, 0.05) is 0 Å². The first kappa shape index (κ1) is 54.8. The molecule has 358 valence electrons. The van der Waals surface area contributed by atoms with E-state index < -0.39 is 167 Å². The molecule has 0 spiro atoms. The van der Waals surface area contributed by atoms with Crippen LogP contribution in [0.15, 0.2) is 42.5 Å². The maximum Gasteiger partial charge on any atom is 0.338 e. The van der Waals surface area contributed by atoms with Crippen molar-refractivity contribution in [2.24, 2.45) is 32.5 Å². The molecule has 7 N–H and O–H groups in total. The molecule has 2 atom stereocenters. The van der Waals surface area contributed by atoms with Crippen molar-refractivity contribution < 1.29 is 102 Å². The van der Waals surface area contributed by atoms with E-state index in [9.17, 15) is 69.3 Å². The van der Waals surface area contributed by atoms with E-state index in [0.717, 1.165) is 19.2 Å². The molecular formula is C43H60O21. The summed E-state index contributed by atoms with van der Waals surface area (Å²) in [5.74, 6) is -7.74. The Kier molecular flexibility index (Phi) is 20.2. The predicted molar refractivity (Wildman–Crippen MR) is 218 cm³/mol. The lowest BCUT2D eigenvalue weighted by Crippen LogP contribution is -2.46. The van der Waals surface area contributed by atoms with E-state index >= 15 is 0 Å². The van der Waals surface area contributed by atoms with Gasteiger partial charge in [-0.05, 0) is 58.4 Å². The fourth-order valence-corrected chi connectivity index (χ4v) is 4.94. The second-order valence-electron chi connectivity index (χ2n) is 17.1. The maximum absolute atomic E-state index is 13.6. The van der Waals surface area contributed by atoms with Crippen LogP contribution in [0.2, 0.25) is 0 Å². The summed E-state index contributed by atoms with van der Waals surface area (Å²) in [5.41, 5.74) is -11.1. The quantitative estimate of drug-likeness (QED) is 0.0329. The number of aliphatic hydroxyl groups excluding tert-OH is 7. The molecule has 0 heterocycles. The smallest absolute Gasteiger partial charge is 0.338 e. The maximum atomic E-state index is 13.6. The summed E-state index contributed by atoms with van der Waals surface area (Å²) in [6.45, 7) is -4.35. The first-order valence-corrected chi connectivity index (χ1v) is 19.9. The van der Waals surface area contributed by atoms with Gasteiger partial charge in [0.2, 0.25) is 0 Å². The normalized spacial score (nSPS) is 14.0. The SMILES string of the molecule is CC(CO)(CO)C(=O)OCC(C)(COC(=O)C(C)(CO)CO)C(=O)OCCOC(=O)C(C)(COC(=O)C(C)(CO)CO)COC(=O)C(C)(CO)COC(=O)c1cccc2ccccc12. The number of aliphatic hydroxyl groups is 7. The average Bonchev–Trinajstić information content (AvgIpc) is 3.32. The molecule has 2 rings (SSSR count). The summed E-state index contributed by atoms with van der Waals surface area (Å²) in [6.07, 6.45) is 0.